The lowest BCUT2D eigenvalue weighted by Gasteiger charge is -2.22. The van der Waals surface area contributed by atoms with Gasteiger partial charge >= 0.3 is 5.97 Å². The molecule has 6 heteroatoms. The smallest absolute Gasteiger partial charge is 0.377 e. The van der Waals surface area contributed by atoms with Gasteiger partial charge in [0.25, 0.3) is 5.82 Å². The number of rotatable bonds is 2. The van der Waals surface area contributed by atoms with E-state index in [1.54, 1.807) is 4.68 Å². The molecular formula is C14H15N3O3. The van der Waals surface area contributed by atoms with Gasteiger partial charge in [0.05, 0.1) is 7.11 Å². The van der Waals surface area contributed by atoms with Gasteiger partial charge in [-0.1, -0.05) is 26.0 Å². The highest BCUT2D eigenvalue weighted by Gasteiger charge is 2.26. The summed E-state index contributed by atoms with van der Waals surface area (Å²) in [4.78, 5) is 15.7. The average molecular weight is 273 g/mol. The molecule has 104 valence electrons. The summed E-state index contributed by atoms with van der Waals surface area (Å²) in [5.74, 6) is 1.24. The molecule has 0 spiro atoms. The van der Waals surface area contributed by atoms with Crippen molar-refractivity contribution >= 4 is 5.97 Å². The number of carbonyl (C=O) groups is 1. The molecule has 2 aromatic rings. The van der Waals surface area contributed by atoms with E-state index in [1.165, 1.54) is 7.11 Å². The Morgan fingerprint density at radius 1 is 1.45 bits per heavy atom. The summed E-state index contributed by atoms with van der Waals surface area (Å²) < 4.78 is 12.1. The van der Waals surface area contributed by atoms with Crippen LogP contribution in [0.2, 0.25) is 0 Å². The quantitative estimate of drug-likeness (QED) is 0.784. The van der Waals surface area contributed by atoms with E-state index < -0.39 is 5.97 Å². The maximum absolute atomic E-state index is 11.5. The first-order chi connectivity index (χ1) is 9.61. The number of aromatic nitrogens is 3. The second kappa shape index (κ2) is 4.63. The highest BCUT2D eigenvalue weighted by molar-refractivity contribution is 5.85. The van der Waals surface area contributed by atoms with Crippen molar-refractivity contribution in [1.82, 2.24) is 14.8 Å². The zero-order chi connectivity index (χ0) is 14.3. The van der Waals surface area contributed by atoms with Crippen molar-refractivity contribution in [1.29, 1.82) is 0 Å². The Morgan fingerprint density at radius 3 is 2.95 bits per heavy atom. The normalized spacial score (nSPS) is 12.6. The van der Waals surface area contributed by atoms with E-state index in [4.69, 9.17) is 4.74 Å². The second-order valence-corrected chi connectivity index (χ2v) is 4.89. The Hall–Kier alpha value is -2.37. The number of hydrogen-bond donors (Lipinski definition) is 0. The van der Waals surface area contributed by atoms with E-state index in [0.717, 1.165) is 17.0 Å². The van der Waals surface area contributed by atoms with Crippen LogP contribution in [0.5, 0.6) is 5.75 Å². The third-order valence-corrected chi connectivity index (χ3v) is 3.26. The van der Waals surface area contributed by atoms with Crippen LogP contribution in [-0.2, 0) is 11.3 Å². The molecule has 0 amide bonds. The first-order valence-corrected chi connectivity index (χ1v) is 6.42. The molecule has 0 saturated carbocycles. The van der Waals surface area contributed by atoms with Gasteiger partial charge in [0.15, 0.2) is 5.82 Å². The molecule has 6 nitrogen and oxygen atoms in total. The van der Waals surface area contributed by atoms with Gasteiger partial charge in [-0.05, 0) is 17.5 Å². The monoisotopic (exact) mass is 273 g/mol. The zero-order valence-electron chi connectivity index (χ0n) is 11.6. The number of methoxy groups -OCH3 is 1. The number of esters is 1. The summed E-state index contributed by atoms with van der Waals surface area (Å²) in [5.41, 5.74) is 1.92. The van der Waals surface area contributed by atoms with Crippen LogP contribution < -0.4 is 4.74 Å². The Balaban J connectivity index is 2.14. The van der Waals surface area contributed by atoms with Gasteiger partial charge in [-0.25, -0.2) is 14.5 Å². The van der Waals surface area contributed by atoms with Crippen molar-refractivity contribution in [3.63, 3.8) is 0 Å². The van der Waals surface area contributed by atoms with Gasteiger partial charge in [0.2, 0.25) is 0 Å². The number of para-hydroxylation sites is 1. The molecule has 0 unspecified atom stereocenters. The minimum absolute atomic E-state index is 0.0499. The summed E-state index contributed by atoms with van der Waals surface area (Å²) in [7, 11) is 1.31. The standard InChI is InChI=1S/C14H15N3O3/c1-8(2)9-5-4-6-10-12(9)20-7-11-15-13(14(18)19-3)16-17(10)11/h4-6,8H,7H2,1-3H3. The molecule has 0 fully saturated rings. The molecule has 1 aliphatic rings. The molecule has 1 aromatic carbocycles. The summed E-state index contributed by atoms with van der Waals surface area (Å²) in [6, 6.07) is 5.89. The lowest BCUT2D eigenvalue weighted by Crippen LogP contribution is -2.15. The molecule has 1 aliphatic heterocycles. The lowest BCUT2D eigenvalue weighted by molar-refractivity contribution is 0.0587. The van der Waals surface area contributed by atoms with Crippen LogP contribution in [0.1, 0.15) is 41.8 Å². The Labute approximate surface area is 116 Å². The maximum Gasteiger partial charge on any atom is 0.377 e. The van der Waals surface area contributed by atoms with E-state index in [9.17, 15) is 4.79 Å². The summed E-state index contributed by atoms with van der Waals surface area (Å²) in [5, 5.41) is 4.21. The van der Waals surface area contributed by atoms with Gasteiger partial charge in [0.1, 0.15) is 18.0 Å². The van der Waals surface area contributed by atoms with Gasteiger partial charge in [-0.2, -0.15) is 0 Å². The predicted molar refractivity (Wildman–Crippen MR) is 71.1 cm³/mol. The molecule has 20 heavy (non-hydrogen) atoms. The molecular weight excluding hydrogens is 258 g/mol. The highest BCUT2D eigenvalue weighted by Crippen LogP contribution is 2.35. The fraction of sp³-hybridized carbons (Fsp3) is 0.357. The van der Waals surface area contributed by atoms with Crippen LogP contribution in [0.4, 0.5) is 0 Å². The van der Waals surface area contributed by atoms with Crippen LogP contribution in [-0.4, -0.2) is 27.8 Å². The largest absolute Gasteiger partial charge is 0.483 e. The van der Waals surface area contributed by atoms with Crippen molar-refractivity contribution in [2.45, 2.75) is 26.4 Å². The summed E-state index contributed by atoms with van der Waals surface area (Å²) in [6.45, 7) is 4.51. The van der Waals surface area contributed by atoms with E-state index in [0.29, 0.717) is 18.3 Å². The molecule has 0 atom stereocenters. The number of ether oxygens (including phenoxy) is 2. The van der Waals surface area contributed by atoms with E-state index in [-0.39, 0.29) is 5.82 Å². The Morgan fingerprint density at radius 2 is 2.25 bits per heavy atom. The van der Waals surface area contributed by atoms with Crippen LogP contribution in [0, 0.1) is 0 Å². The van der Waals surface area contributed by atoms with E-state index in [1.807, 2.05) is 18.2 Å². The Kier molecular flexibility index (Phi) is 2.93. The Bertz CT molecular complexity index is 676. The van der Waals surface area contributed by atoms with E-state index in [2.05, 4.69) is 28.7 Å². The topological polar surface area (TPSA) is 66.2 Å². The molecule has 0 radical (unpaired) electrons. The van der Waals surface area contributed by atoms with Gasteiger partial charge in [-0.3, -0.25) is 0 Å². The highest BCUT2D eigenvalue weighted by atomic mass is 16.5. The minimum atomic E-state index is -0.548. The van der Waals surface area contributed by atoms with Gasteiger partial charge in [0, 0.05) is 0 Å². The van der Waals surface area contributed by atoms with Crippen molar-refractivity contribution in [3.05, 3.63) is 35.4 Å². The number of fused-ring (bicyclic) bond motifs is 3. The fourth-order valence-corrected chi connectivity index (χ4v) is 2.27. The fourth-order valence-electron chi connectivity index (χ4n) is 2.27. The SMILES string of the molecule is COC(=O)c1nc2n(n1)-c1cccc(C(C)C)c1OC2. The molecule has 0 bridgehead atoms. The van der Waals surface area contributed by atoms with Crippen LogP contribution in [0.15, 0.2) is 18.2 Å². The first kappa shape index (κ1) is 12.7. The molecule has 0 N–H and O–H groups in total. The number of carbonyl (C=O) groups excluding carboxylic acids is 1. The van der Waals surface area contributed by atoms with Crippen molar-refractivity contribution in [2.75, 3.05) is 7.11 Å². The average Bonchev–Trinajstić information content (AvgIpc) is 2.90. The summed E-state index contributed by atoms with van der Waals surface area (Å²) in [6.07, 6.45) is 0. The number of hydrogen-bond acceptors (Lipinski definition) is 5. The number of benzene rings is 1. The van der Waals surface area contributed by atoms with Crippen molar-refractivity contribution in [2.24, 2.45) is 0 Å². The molecule has 3 rings (SSSR count). The molecule has 0 aliphatic carbocycles. The number of nitrogens with zero attached hydrogens (tertiary/aromatic N) is 3. The van der Waals surface area contributed by atoms with Crippen LogP contribution in [0.25, 0.3) is 5.69 Å². The van der Waals surface area contributed by atoms with E-state index >= 15 is 0 Å². The maximum atomic E-state index is 11.5. The van der Waals surface area contributed by atoms with Crippen LogP contribution in [0.3, 0.4) is 0 Å². The predicted octanol–water partition coefficient (Wildman–Crippen LogP) is 2.07. The van der Waals surface area contributed by atoms with Crippen molar-refractivity contribution in [3.8, 4) is 11.4 Å². The zero-order valence-corrected chi connectivity index (χ0v) is 11.6. The first-order valence-electron chi connectivity index (χ1n) is 6.42. The second-order valence-electron chi connectivity index (χ2n) is 4.89. The van der Waals surface area contributed by atoms with Gasteiger partial charge in [-0.15, -0.1) is 5.10 Å². The molecule has 1 aromatic heterocycles. The minimum Gasteiger partial charge on any atom is -0.483 e. The van der Waals surface area contributed by atoms with Crippen molar-refractivity contribution < 1.29 is 14.3 Å². The molecule has 0 saturated heterocycles. The molecule has 2 heterocycles. The third kappa shape index (κ3) is 1.84. The van der Waals surface area contributed by atoms with Crippen LogP contribution >= 0.6 is 0 Å². The lowest BCUT2D eigenvalue weighted by atomic mass is 10.0. The van der Waals surface area contributed by atoms with Gasteiger partial charge < -0.3 is 9.47 Å². The third-order valence-electron chi connectivity index (χ3n) is 3.26. The summed E-state index contributed by atoms with van der Waals surface area (Å²) >= 11 is 0.